The first-order chi connectivity index (χ1) is 15.3. The standard InChI is InChI=1S/C24H29N5O2S/c1-6-29-22(18-9-11-19(12-10-18)24(2,3)4)27-28-23(29)32-16-21(30)26-25-15-17-7-13-20(31-5)14-8-17/h7-15H,6,16H2,1-5H3,(H,26,30)/b25-15-. The predicted octanol–water partition coefficient (Wildman–Crippen LogP) is 4.51. The zero-order valence-electron chi connectivity index (χ0n) is 19.1. The second kappa shape index (κ2) is 10.5. The van der Waals surface area contributed by atoms with Crippen LogP contribution in [0.3, 0.4) is 0 Å². The molecule has 1 heterocycles. The number of benzene rings is 2. The highest BCUT2D eigenvalue weighted by atomic mass is 32.2. The van der Waals surface area contributed by atoms with E-state index in [9.17, 15) is 4.79 Å². The topological polar surface area (TPSA) is 81.4 Å². The Morgan fingerprint density at radius 3 is 2.41 bits per heavy atom. The lowest BCUT2D eigenvalue weighted by Crippen LogP contribution is -2.20. The molecule has 0 radical (unpaired) electrons. The largest absolute Gasteiger partial charge is 0.497 e. The molecule has 1 N–H and O–H groups in total. The van der Waals surface area contributed by atoms with Gasteiger partial charge in [0.25, 0.3) is 5.91 Å². The number of carbonyl (C=O) groups excluding carboxylic acids is 1. The summed E-state index contributed by atoms with van der Waals surface area (Å²) >= 11 is 1.34. The van der Waals surface area contributed by atoms with Crippen molar-refractivity contribution in [1.82, 2.24) is 20.2 Å². The fraction of sp³-hybridized carbons (Fsp3) is 0.333. The van der Waals surface area contributed by atoms with Crippen LogP contribution >= 0.6 is 11.8 Å². The molecule has 0 atom stereocenters. The summed E-state index contributed by atoms with van der Waals surface area (Å²) in [6.45, 7) is 9.33. The molecule has 2 aromatic carbocycles. The molecule has 0 aliphatic carbocycles. The maximum atomic E-state index is 12.2. The smallest absolute Gasteiger partial charge is 0.250 e. The highest BCUT2D eigenvalue weighted by Crippen LogP contribution is 2.27. The molecule has 0 saturated carbocycles. The quantitative estimate of drug-likeness (QED) is 0.309. The Balaban J connectivity index is 1.60. The molecule has 0 unspecified atom stereocenters. The highest BCUT2D eigenvalue weighted by Gasteiger charge is 2.17. The van der Waals surface area contributed by atoms with Gasteiger partial charge in [-0.1, -0.05) is 56.8 Å². The van der Waals surface area contributed by atoms with E-state index in [1.54, 1.807) is 13.3 Å². The molecule has 3 rings (SSSR count). The van der Waals surface area contributed by atoms with Crippen molar-refractivity contribution in [3.05, 3.63) is 59.7 Å². The van der Waals surface area contributed by atoms with Crippen LogP contribution in [-0.2, 0) is 16.8 Å². The van der Waals surface area contributed by atoms with E-state index in [-0.39, 0.29) is 17.1 Å². The van der Waals surface area contributed by atoms with Crippen LogP contribution in [0.5, 0.6) is 5.75 Å². The first-order valence-corrected chi connectivity index (χ1v) is 11.4. The van der Waals surface area contributed by atoms with Crippen LogP contribution in [0.4, 0.5) is 0 Å². The van der Waals surface area contributed by atoms with Crippen molar-refractivity contribution in [3.8, 4) is 17.1 Å². The van der Waals surface area contributed by atoms with E-state index in [2.05, 4.69) is 65.8 Å². The summed E-state index contributed by atoms with van der Waals surface area (Å²) in [7, 11) is 1.62. The number of carbonyl (C=O) groups is 1. The molecule has 168 valence electrons. The van der Waals surface area contributed by atoms with Gasteiger partial charge in [-0.2, -0.15) is 5.10 Å². The number of rotatable bonds is 8. The lowest BCUT2D eigenvalue weighted by molar-refractivity contribution is -0.118. The molecule has 8 heteroatoms. The number of aromatic nitrogens is 3. The molecule has 7 nitrogen and oxygen atoms in total. The van der Waals surface area contributed by atoms with Crippen LogP contribution in [0.25, 0.3) is 11.4 Å². The van der Waals surface area contributed by atoms with Crippen LogP contribution in [0, 0.1) is 0 Å². The van der Waals surface area contributed by atoms with E-state index < -0.39 is 0 Å². The number of methoxy groups -OCH3 is 1. The number of ether oxygens (including phenoxy) is 1. The first-order valence-electron chi connectivity index (χ1n) is 10.4. The lowest BCUT2D eigenvalue weighted by Gasteiger charge is -2.19. The van der Waals surface area contributed by atoms with Crippen molar-refractivity contribution in [2.75, 3.05) is 12.9 Å². The Morgan fingerprint density at radius 2 is 1.81 bits per heavy atom. The van der Waals surface area contributed by atoms with Gasteiger partial charge in [0.1, 0.15) is 5.75 Å². The normalized spacial score (nSPS) is 11.7. The second-order valence-corrected chi connectivity index (χ2v) is 9.18. The van der Waals surface area contributed by atoms with Gasteiger partial charge in [-0.15, -0.1) is 10.2 Å². The molecule has 0 saturated heterocycles. The minimum atomic E-state index is -0.207. The Labute approximate surface area is 193 Å². The van der Waals surface area contributed by atoms with Gasteiger partial charge < -0.3 is 9.30 Å². The lowest BCUT2D eigenvalue weighted by atomic mass is 9.87. The number of hydrazone groups is 1. The van der Waals surface area contributed by atoms with E-state index in [0.29, 0.717) is 11.7 Å². The number of hydrogen-bond acceptors (Lipinski definition) is 6. The maximum Gasteiger partial charge on any atom is 0.250 e. The Morgan fingerprint density at radius 1 is 1.12 bits per heavy atom. The fourth-order valence-corrected chi connectivity index (χ4v) is 3.84. The number of nitrogens with one attached hydrogen (secondary N) is 1. The van der Waals surface area contributed by atoms with Crippen molar-refractivity contribution in [3.63, 3.8) is 0 Å². The molecule has 0 aliphatic heterocycles. The monoisotopic (exact) mass is 451 g/mol. The number of nitrogens with zero attached hydrogens (tertiary/aromatic N) is 4. The fourth-order valence-electron chi connectivity index (χ4n) is 3.04. The molecule has 0 fully saturated rings. The van der Waals surface area contributed by atoms with Gasteiger partial charge in [0.05, 0.1) is 19.1 Å². The van der Waals surface area contributed by atoms with Gasteiger partial charge in [-0.25, -0.2) is 5.43 Å². The van der Waals surface area contributed by atoms with Crippen LogP contribution in [0.1, 0.15) is 38.8 Å². The molecular weight excluding hydrogens is 422 g/mol. The average Bonchev–Trinajstić information content (AvgIpc) is 3.20. The van der Waals surface area contributed by atoms with E-state index in [1.165, 1.54) is 17.3 Å². The van der Waals surface area contributed by atoms with E-state index in [4.69, 9.17) is 4.74 Å². The van der Waals surface area contributed by atoms with Crippen molar-refractivity contribution in [2.45, 2.75) is 44.8 Å². The zero-order valence-corrected chi connectivity index (χ0v) is 19.9. The van der Waals surface area contributed by atoms with E-state index >= 15 is 0 Å². The Kier molecular flexibility index (Phi) is 7.69. The van der Waals surface area contributed by atoms with E-state index in [0.717, 1.165) is 22.7 Å². The SMILES string of the molecule is CCn1c(SCC(=O)N/N=C\c2ccc(OC)cc2)nnc1-c1ccc(C(C)(C)C)cc1. The summed E-state index contributed by atoms with van der Waals surface area (Å²) in [6.07, 6.45) is 1.59. The summed E-state index contributed by atoms with van der Waals surface area (Å²) in [5, 5.41) is 13.4. The molecule has 1 amide bonds. The van der Waals surface area contributed by atoms with Crippen molar-refractivity contribution < 1.29 is 9.53 Å². The van der Waals surface area contributed by atoms with Crippen molar-refractivity contribution in [1.29, 1.82) is 0 Å². The minimum absolute atomic E-state index is 0.0984. The van der Waals surface area contributed by atoms with Crippen LogP contribution < -0.4 is 10.2 Å². The summed E-state index contributed by atoms with van der Waals surface area (Å²) in [5.74, 6) is 1.56. The molecule has 3 aromatic rings. The van der Waals surface area contributed by atoms with Gasteiger partial charge >= 0.3 is 0 Å². The van der Waals surface area contributed by atoms with Gasteiger partial charge in [0, 0.05) is 12.1 Å². The molecule has 1 aromatic heterocycles. The Bertz CT molecular complexity index is 1070. The van der Waals surface area contributed by atoms with Crippen LogP contribution in [-0.4, -0.2) is 39.7 Å². The summed E-state index contributed by atoms with van der Waals surface area (Å²) in [5.41, 5.74) is 5.79. The van der Waals surface area contributed by atoms with Gasteiger partial charge in [-0.3, -0.25) is 4.79 Å². The number of amides is 1. The van der Waals surface area contributed by atoms with E-state index in [1.807, 2.05) is 35.8 Å². The molecule has 0 aliphatic rings. The third kappa shape index (κ3) is 5.97. The third-order valence-electron chi connectivity index (χ3n) is 4.89. The predicted molar refractivity (Wildman–Crippen MR) is 129 cm³/mol. The van der Waals surface area contributed by atoms with Crippen molar-refractivity contribution in [2.24, 2.45) is 5.10 Å². The summed E-state index contributed by atoms with van der Waals surface area (Å²) < 4.78 is 7.14. The van der Waals surface area contributed by atoms with Crippen molar-refractivity contribution >= 4 is 23.9 Å². The Hall–Kier alpha value is -3.13. The number of thioether (sulfide) groups is 1. The summed E-state index contributed by atoms with van der Waals surface area (Å²) in [6, 6.07) is 15.8. The molecule has 0 spiro atoms. The van der Waals surface area contributed by atoms with Gasteiger partial charge in [0.2, 0.25) is 0 Å². The van der Waals surface area contributed by atoms with Gasteiger partial charge in [-0.05, 0) is 47.7 Å². The zero-order chi connectivity index (χ0) is 23.1. The van der Waals surface area contributed by atoms with Gasteiger partial charge in [0.15, 0.2) is 11.0 Å². The molecule has 32 heavy (non-hydrogen) atoms. The second-order valence-electron chi connectivity index (χ2n) is 8.23. The maximum absolute atomic E-state index is 12.2. The minimum Gasteiger partial charge on any atom is -0.497 e. The first kappa shape index (κ1) is 23.5. The molecular formula is C24H29N5O2S. The average molecular weight is 452 g/mol. The summed E-state index contributed by atoms with van der Waals surface area (Å²) in [4.78, 5) is 12.2. The van der Waals surface area contributed by atoms with Crippen LogP contribution in [0.15, 0.2) is 58.8 Å². The van der Waals surface area contributed by atoms with Crippen LogP contribution in [0.2, 0.25) is 0 Å². The third-order valence-corrected chi connectivity index (χ3v) is 5.86. The molecule has 0 bridgehead atoms. The highest BCUT2D eigenvalue weighted by molar-refractivity contribution is 7.99. The number of hydrogen-bond donors (Lipinski definition) is 1.